The fourth-order valence-corrected chi connectivity index (χ4v) is 2.44. The molecule has 1 saturated carbocycles. The average Bonchev–Trinajstić information content (AvgIpc) is 2.28. The Labute approximate surface area is 104 Å². The van der Waals surface area contributed by atoms with Crippen molar-refractivity contribution in [2.75, 3.05) is 39.3 Å². The van der Waals surface area contributed by atoms with E-state index < -0.39 is 0 Å². The maximum Gasteiger partial charge on any atom is 0.220 e. The molecule has 1 aliphatic heterocycles. The van der Waals surface area contributed by atoms with Crippen LogP contribution in [0.25, 0.3) is 0 Å². The van der Waals surface area contributed by atoms with Crippen molar-refractivity contribution in [3.05, 3.63) is 0 Å². The molecule has 2 rings (SSSR count). The molecular weight excluding hydrogens is 214 g/mol. The first-order valence-corrected chi connectivity index (χ1v) is 7.04. The molecule has 98 valence electrons. The van der Waals surface area contributed by atoms with Gasteiger partial charge in [0.05, 0.1) is 0 Å². The van der Waals surface area contributed by atoms with Gasteiger partial charge < -0.3 is 15.5 Å². The van der Waals surface area contributed by atoms with Crippen molar-refractivity contribution in [2.24, 2.45) is 5.92 Å². The molecule has 4 nitrogen and oxygen atoms in total. The van der Waals surface area contributed by atoms with Crippen LogP contribution < -0.4 is 10.6 Å². The summed E-state index contributed by atoms with van der Waals surface area (Å²) in [6.07, 6.45) is 5.65. The number of hydrogen-bond acceptors (Lipinski definition) is 3. The first kappa shape index (κ1) is 12.8. The van der Waals surface area contributed by atoms with Crippen molar-refractivity contribution in [1.29, 1.82) is 0 Å². The molecule has 0 unspecified atom stereocenters. The Balaban J connectivity index is 1.47. The number of piperazine rings is 1. The summed E-state index contributed by atoms with van der Waals surface area (Å²) in [7, 11) is 0. The van der Waals surface area contributed by atoms with E-state index in [1.54, 1.807) is 0 Å². The SMILES string of the molecule is O=C(CCCN1CCNCC1)NCC1CCC1. The molecular formula is C13H25N3O. The van der Waals surface area contributed by atoms with Gasteiger partial charge in [-0.15, -0.1) is 0 Å². The predicted molar refractivity (Wildman–Crippen MR) is 68.9 cm³/mol. The summed E-state index contributed by atoms with van der Waals surface area (Å²) in [6.45, 7) is 6.42. The molecule has 0 spiro atoms. The number of carbonyl (C=O) groups is 1. The Kier molecular flexibility index (Phi) is 5.26. The van der Waals surface area contributed by atoms with Gasteiger partial charge >= 0.3 is 0 Å². The lowest BCUT2D eigenvalue weighted by molar-refractivity contribution is -0.121. The Bertz CT molecular complexity index is 235. The van der Waals surface area contributed by atoms with Gasteiger partial charge in [0.15, 0.2) is 0 Å². The Morgan fingerprint density at radius 2 is 2.06 bits per heavy atom. The minimum Gasteiger partial charge on any atom is -0.356 e. The maximum absolute atomic E-state index is 11.6. The van der Waals surface area contributed by atoms with Crippen LogP contribution >= 0.6 is 0 Å². The van der Waals surface area contributed by atoms with Crippen LogP contribution in [0.3, 0.4) is 0 Å². The molecule has 1 saturated heterocycles. The van der Waals surface area contributed by atoms with Crippen LogP contribution in [-0.2, 0) is 4.79 Å². The summed E-state index contributed by atoms with van der Waals surface area (Å²) >= 11 is 0. The van der Waals surface area contributed by atoms with E-state index in [0.29, 0.717) is 6.42 Å². The summed E-state index contributed by atoms with van der Waals surface area (Å²) in [6, 6.07) is 0. The highest BCUT2D eigenvalue weighted by Crippen LogP contribution is 2.25. The van der Waals surface area contributed by atoms with Crippen LogP contribution in [-0.4, -0.2) is 50.1 Å². The number of rotatable bonds is 6. The van der Waals surface area contributed by atoms with E-state index >= 15 is 0 Å². The van der Waals surface area contributed by atoms with Crippen molar-refractivity contribution in [1.82, 2.24) is 15.5 Å². The van der Waals surface area contributed by atoms with Crippen molar-refractivity contribution in [2.45, 2.75) is 32.1 Å². The second-order valence-corrected chi connectivity index (χ2v) is 5.30. The minimum atomic E-state index is 0.243. The predicted octanol–water partition coefficient (Wildman–Crippen LogP) is 0.588. The first-order valence-electron chi connectivity index (χ1n) is 7.04. The number of nitrogens with one attached hydrogen (secondary N) is 2. The van der Waals surface area contributed by atoms with Gasteiger partial charge in [-0.25, -0.2) is 0 Å². The van der Waals surface area contributed by atoms with E-state index in [-0.39, 0.29) is 5.91 Å². The molecule has 2 fully saturated rings. The minimum absolute atomic E-state index is 0.243. The highest BCUT2D eigenvalue weighted by atomic mass is 16.1. The zero-order valence-corrected chi connectivity index (χ0v) is 10.7. The van der Waals surface area contributed by atoms with E-state index in [4.69, 9.17) is 0 Å². The smallest absolute Gasteiger partial charge is 0.220 e. The third kappa shape index (κ3) is 4.64. The molecule has 4 heteroatoms. The van der Waals surface area contributed by atoms with E-state index in [0.717, 1.165) is 51.6 Å². The Morgan fingerprint density at radius 1 is 1.29 bits per heavy atom. The van der Waals surface area contributed by atoms with E-state index in [2.05, 4.69) is 15.5 Å². The van der Waals surface area contributed by atoms with Crippen LogP contribution in [0, 0.1) is 5.92 Å². The van der Waals surface area contributed by atoms with Gasteiger partial charge in [-0.2, -0.15) is 0 Å². The lowest BCUT2D eigenvalue weighted by Crippen LogP contribution is -2.44. The first-order chi connectivity index (χ1) is 8.34. The summed E-state index contributed by atoms with van der Waals surface area (Å²) in [5.74, 6) is 1.01. The Morgan fingerprint density at radius 3 is 2.71 bits per heavy atom. The topological polar surface area (TPSA) is 44.4 Å². The van der Waals surface area contributed by atoms with E-state index in [1.165, 1.54) is 19.3 Å². The lowest BCUT2D eigenvalue weighted by Gasteiger charge is -2.27. The van der Waals surface area contributed by atoms with Gasteiger partial charge in [-0.05, 0) is 31.7 Å². The summed E-state index contributed by atoms with van der Waals surface area (Å²) < 4.78 is 0. The zero-order chi connectivity index (χ0) is 11.9. The molecule has 0 radical (unpaired) electrons. The van der Waals surface area contributed by atoms with Crippen molar-refractivity contribution < 1.29 is 4.79 Å². The molecule has 0 aromatic rings. The van der Waals surface area contributed by atoms with Gasteiger partial charge in [0.2, 0.25) is 5.91 Å². The van der Waals surface area contributed by atoms with E-state index in [9.17, 15) is 4.79 Å². The summed E-state index contributed by atoms with van der Waals surface area (Å²) in [5, 5.41) is 6.39. The molecule has 0 bridgehead atoms. The van der Waals surface area contributed by atoms with Gasteiger partial charge in [-0.3, -0.25) is 4.79 Å². The summed E-state index contributed by atoms with van der Waals surface area (Å²) in [5.41, 5.74) is 0. The molecule has 1 amide bonds. The molecule has 2 aliphatic rings. The largest absolute Gasteiger partial charge is 0.356 e. The molecule has 0 aromatic carbocycles. The zero-order valence-electron chi connectivity index (χ0n) is 10.7. The molecule has 1 heterocycles. The van der Waals surface area contributed by atoms with Crippen LogP contribution in [0.5, 0.6) is 0 Å². The van der Waals surface area contributed by atoms with Crippen LogP contribution in [0.1, 0.15) is 32.1 Å². The van der Waals surface area contributed by atoms with Crippen molar-refractivity contribution in [3.63, 3.8) is 0 Å². The molecule has 0 atom stereocenters. The second kappa shape index (κ2) is 6.97. The molecule has 17 heavy (non-hydrogen) atoms. The monoisotopic (exact) mass is 239 g/mol. The van der Waals surface area contributed by atoms with Crippen molar-refractivity contribution >= 4 is 5.91 Å². The normalized spacial score (nSPS) is 22.1. The van der Waals surface area contributed by atoms with Crippen LogP contribution in [0.4, 0.5) is 0 Å². The van der Waals surface area contributed by atoms with Gasteiger partial charge in [0.25, 0.3) is 0 Å². The maximum atomic E-state index is 11.6. The quantitative estimate of drug-likeness (QED) is 0.713. The number of nitrogens with zero attached hydrogens (tertiary/aromatic N) is 1. The highest BCUT2D eigenvalue weighted by Gasteiger charge is 2.17. The third-order valence-corrected chi connectivity index (χ3v) is 3.90. The van der Waals surface area contributed by atoms with Crippen LogP contribution in [0.15, 0.2) is 0 Å². The van der Waals surface area contributed by atoms with E-state index in [1.807, 2.05) is 0 Å². The standard InChI is InChI=1S/C13H25N3O/c17-13(15-11-12-3-1-4-12)5-2-8-16-9-6-14-7-10-16/h12,14H,1-11H2,(H,15,17). The van der Waals surface area contributed by atoms with Gasteiger partial charge in [0.1, 0.15) is 0 Å². The molecule has 2 N–H and O–H groups in total. The summed E-state index contributed by atoms with van der Waals surface area (Å²) in [4.78, 5) is 14.0. The number of amides is 1. The third-order valence-electron chi connectivity index (χ3n) is 3.90. The number of hydrogen-bond donors (Lipinski definition) is 2. The fraction of sp³-hybridized carbons (Fsp3) is 0.923. The Hall–Kier alpha value is -0.610. The van der Waals surface area contributed by atoms with Gasteiger partial charge in [-0.1, -0.05) is 6.42 Å². The van der Waals surface area contributed by atoms with Gasteiger partial charge in [0, 0.05) is 39.1 Å². The lowest BCUT2D eigenvalue weighted by atomic mass is 9.85. The van der Waals surface area contributed by atoms with Crippen LogP contribution in [0.2, 0.25) is 0 Å². The highest BCUT2D eigenvalue weighted by molar-refractivity contribution is 5.75. The molecule has 1 aliphatic carbocycles. The number of carbonyl (C=O) groups excluding carboxylic acids is 1. The fourth-order valence-electron chi connectivity index (χ4n) is 2.44. The second-order valence-electron chi connectivity index (χ2n) is 5.30. The molecule has 0 aromatic heterocycles. The average molecular weight is 239 g/mol. The van der Waals surface area contributed by atoms with Crippen molar-refractivity contribution in [3.8, 4) is 0 Å².